The molecule has 0 aliphatic carbocycles. The largest absolute Gasteiger partial charge is 0.462 e. The van der Waals surface area contributed by atoms with E-state index in [0.717, 1.165) is 0 Å². The monoisotopic (exact) mass is 284 g/mol. The van der Waals surface area contributed by atoms with E-state index in [1.165, 1.54) is 6.20 Å². The lowest BCUT2D eigenvalue weighted by Crippen LogP contribution is -2.08. The van der Waals surface area contributed by atoms with Crippen LogP contribution in [0.3, 0.4) is 0 Å². The Morgan fingerprint density at radius 2 is 2.43 bits per heavy atom. The van der Waals surface area contributed by atoms with Crippen molar-refractivity contribution in [2.24, 2.45) is 5.10 Å². The molecule has 0 aromatic carbocycles. The van der Waals surface area contributed by atoms with Crippen molar-refractivity contribution in [3.63, 3.8) is 0 Å². The molecule has 0 fully saturated rings. The molecule has 0 atom stereocenters. The number of aromatic amines is 1. The van der Waals surface area contributed by atoms with Gasteiger partial charge in [0.25, 0.3) is 0 Å². The third kappa shape index (κ3) is 3.42. The summed E-state index contributed by atoms with van der Waals surface area (Å²) in [7, 11) is 0. The number of nitriles is 1. The van der Waals surface area contributed by atoms with Crippen molar-refractivity contribution in [3.8, 4) is 6.07 Å². The van der Waals surface area contributed by atoms with Crippen LogP contribution in [0, 0.1) is 11.3 Å². The fourth-order valence-corrected chi connectivity index (χ4v) is 1.49. The second kappa shape index (κ2) is 6.81. The van der Waals surface area contributed by atoms with Crippen LogP contribution >= 0.6 is 0 Å². The quantitative estimate of drug-likeness (QED) is 0.486. The topological polar surface area (TPSA) is 116 Å². The third-order valence-corrected chi connectivity index (χ3v) is 2.43. The fourth-order valence-electron chi connectivity index (χ4n) is 1.49. The minimum absolute atomic E-state index is 0.0833. The van der Waals surface area contributed by atoms with E-state index in [4.69, 9.17) is 10.00 Å². The molecule has 106 valence electrons. The number of rotatable bonds is 5. The molecule has 0 saturated carbocycles. The summed E-state index contributed by atoms with van der Waals surface area (Å²) in [5.74, 6) is -0.280. The van der Waals surface area contributed by atoms with Gasteiger partial charge in [-0.05, 0) is 19.1 Å². The Bertz CT molecular complexity index is 686. The molecular formula is C13H12N6O2. The van der Waals surface area contributed by atoms with E-state index in [9.17, 15) is 4.79 Å². The number of carbonyl (C=O) groups is 1. The Labute approximate surface area is 120 Å². The lowest BCUT2D eigenvalue weighted by Gasteiger charge is -2.02. The lowest BCUT2D eigenvalue weighted by atomic mass is 10.2. The first-order valence-electron chi connectivity index (χ1n) is 6.12. The number of hydrogen-bond acceptors (Lipinski definition) is 7. The van der Waals surface area contributed by atoms with Gasteiger partial charge in [0.1, 0.15) is 17.3 Å². The number of nitrogens with zero attached hydrogens (tertiary/aromatic N) is 4. The van der Waals surface area contributed by atoms with Crippen LogP contribution in [0.5, 0.6) is 0 Å². The fraction of sp³-hybridized carbons (Fsp3) is 0.154. The van der Waals surface area contributed by atoms with Crippen LogP contribution in [-0.4, -0.2) is 33.5 Å². The van der Waals surface area contributed by atoms with Gasteiger partial charge in [0.15, 0.2) is 11.5 Å². The van der Waals surface area contributed by atoms with Crippen LogP contribution in [0.25, 0.3) is 0 Å². The average Bonchev–Trinajstić information content (AvgIpc) is 2.98. The molecule has 21 heavy (non-hydrogen) atoms. The maximum absolute atomic E-state index is 11.7. The first-order chi connectivity index (χ1) is 10.3. The van der Waals surface area contributed by atoms with Crippen molar-refractivity contribution in [3.05, 3.63) is 41.9 Å². The van der Waals surface area contributed by atoms with Crippen LogP contribution in [-0.2, 0) is 4.74 Å². The van der Waals surface area contributed by atoms with Crippen molar-refractivity contribution < 1.29 is 9.53 Å². The van der Waals surface area contributed by atoms with Gasteiger partial charge < -0.3 is 4.74 Å². The second-order valence-corrected chi connectivity index (χ2v) is 3.78. The highest BCUT2D eigenvalue weighted by Crippen LogP contribution is 2.12. The Kier molecular flexibility index (Phi) is 4.61. The number of nitrogens with one attached hydrogen (secondary N) is 2. The summed E-state index contributed by atoms with van der Waals surface area (Å²) in [6.07, 6.45) is 2.88. The molecule has 2 rings (SSSR count). The predicted molar refractivity (Wildman–Crippen MR) is 74.6 cm³/mol. The summed E-state index contributed by atoms with van der Waals surface area (Å²) in [5.41, 5.74) is 3.30. The molecule has 8 heteroatoms. The molecule has 0 amide bonds. The van der Waals surface area contributed by atoms with E-state index in [1.54, 1.807) is 31.3 Å². The Hall–Kier alpha value is -3.21. The maximum atomic E-state index is 11.7. The van der Waals surface area contributed by atoms with E-state index in [2.05, 4.69) is 25.7 Å². The minimum atomic E-state index is -0.528. The van der Waals surface area contributed by atoms with Crippen LogP contribution in [0.1, 0.15) is 23.0 Å². The first-order valence-corrected chi connectivity index (χ1v) is 6.12. The zero-order chi connectivity index (χ0) is 15.1. The Balaban J connectivity index is 2.19. The highest BCUT2D eigenvalue weighted by molar-refractivity contribution is 6.10. The molecule has 2 aromatic rings. The molecule has 0 saturated heterocycles. The molecule has 0 spiro atoms. The number of hydrogen-bond donors (Lipinski definition) is 2. The Morgan fingerprint density at radius 3 is 3.10 bits per heavy atom. The predicted octanol–water partition coefficient (Wildman–Crippen LogP) is 1.32. The number of anilines is 1. The Morgan fingerprint density at radius 1 is 1.57 bits per heavy atom. The molecule has 0 aliphatic heterocycles. The SMILES string of the molecule is CCOC(=O)c1cn[nH]c1N/N=C(/C#N)c1ccccn1. The van der Waals surface area contributed by atoms with Gasteiger partial charge in [-0.25, -0.2) is 4.79 Å². The molecule has 2 aromatic heterocycles. The summed E-state index contributed by atoms with van der Waals surface area (Å²) in [5, 5.41) is 19.3. The maximum Gasteiger partial charge on any atom is 0.343 e. The number of esters is 1. The van der Waals surface area contributed by atoms with Gasteiger partial charge in [0, 0.05) is 6.20 Å². The summed E-state index contributed by atoms with van der Waals surface area (Å²) < 4.78 is 4.88. The third-order valence-electron chi connectivity index (χ3n) is 2.43. The number of hydrazone groups is 1. The summed E-state index contributed by atoms with van der Waals surface area (Å²) in [4.78, 5) is 15.7. The normalized spacial score (nSPS) is 10.8. The zero-order valence-corrected chi connectivity index (χ0v) is 11.2. The zero-order valence-electron chi connectivity index (χ0n) is 11.2. The van der Waals surface area contributed by atoms with E-state index in [1.807, 2.05) is 6.07 Å². The van der Waals surface area contributed by atoms with Crippen molar-refractivity contribution in [1.82, 2.24) is 15.2 Å². The van der Waals surface area contributed by atoms with Crippen LogP contribution in [0.2, 0.25) is 0 Å². The molecular weight excluding hydrogens is 272 g/mol. The van der Waals surface area contributed by atoms with Crippen molar-refractivity contribution >= 4 is 17.5 Å². The number of ether oxygens (including phenoxy) is 1. The lowest BCUT2D eigenvalue weighted by molar-refractivity contribution is 0.0527. The smallest absolute Gasteiger partial charge is 0.343 e. The van der Waals surface area contributed by atoms with Gasteiger partial charge >= 0.3 is 5.97 Å². The summed E-state index contributed by atoms with van der Waals surface area (Å²) in [6.45, 7) is 1.96. The average molecular weight is 284 g/mol. The number of aromatic nitrogens is 3. The van der Waals surface area contributed by atoms with Gasteiger partial charge in [0.05, 0.1) is 12.8 Å². The van der Waals surface area contributed by atoms with Gasteiger partial charge in [-0.15, -0.1) is 0 Å². The van der Waals surface area contributed by atoms with Crippen molar-refractivity contribution in [2.75, 3.05) is 12.0 Å². The number of carbonyl (C=O) groups excluding carboxylic acids is 1. The molecule has 2 N–H and O–H groups in total. The van der Waals surface area contributed by atoms with Crippen LogP contribution in [0.15, 0.2) is 35.7 Å². The van der Waals surface area contributed by atoms with E-state index in [-0.39, 0.29) is 23.7 Å². The second-order valence-electron chi connectivity index (χ2n) is 3.78. The molecule has 8 nitrogen and oxygen atoms in total. The van der Waals surface area contributed by atoms with E-state index in [0.29, 0.717) is 5.69 Å². The van der Waals surface area contributed by atoms with E-state index < -0.39 is 5.97 Å². The minimum Gasteiger partial charge on any atom is -0.462 e. The molecule has 0 bridgehead atoms. The van der Waals surface area contributed by atoms with Gasteiger partial charge in [0.2, 0.25) is 0 Å². The molecule has 0 radical (unpaired) electrons. The van der Waals surface area contributed by atoms with E-state index >= 15 is 0 Å². The molecule has 0 aliphatic rings. The highest BCUT2D eigenvalue weighted by Gasteiger charge is 2.14. The molecule has 2 heterocycles. The highest BCUT2D eigenvalue weighted by atomic mass is 16.5. The summed E-state index contributed by atoms with van der Waals surface area (Å²) in [6, 6.07) is 7.07. The van der Waals surface area contributed by atoms with Gasteiger partial charge in [-0.2, -0.15) is 15.5 Å². The number of H-pyrrole nitrogens is 1. The molecule has 0 unspecified atom stereocenters. The van der Waals surface area contributed by atoms with Crippen molar-refractivity contribution in [2.45, 2.75) is 6.92 Å². The van der Waals surface area contributed by atoms with Crippen LogP contribution in [0.4, 0.5) is 5.82 Å². The van der Waals surface area contributed by atoms with Crippen molar-refractivity contribution in [1.29, 1.82) is 5.26 Å². The van der Waals surface area contributed by atoms with Crippen LogP contribution < -0.4 is 5.43 Å². The first kappa shape index (κ1) is 14.2. The van der Waals surface area contributed by atoms with Gasteiger partial charge in [-0.3, -0.25) is 15.5 Å². The number of pyridine rings is 1. The standard InChI is InChI=1S/C13H12N6O2/c1-2-21-13(20)9-8-16-18-12(9)19-17-11(7-14)10-5-3-4-6-15-10/h3-6,8H,2H2,1H3,(H2,16,18,19)/b17-11-. The van der Waals surface area contributed by atoms with Gasteiger partial charge in [-0.1, -0.05) is 6.07 Å². The summed E-state index contributed by atoms with van der Waals surface area (Å²) >= 11 is 0.